The molecule has 1 aliphatic rings. The van der Waals surface area contributed by atoms with Gasteiger partial charge >= 0.3 is 12.2 Å². The highest BCUT2D eigenvalue weighted by Gasteiger charge is 2.39. The van der Waals surface area contributed by atoms with E-state index in [1.807, 2.05) is 0 Å². The molecule has 140 valence electrons. The summed E-state index contributed by atoms with van der Waals surface area (Å²) < 4.78 is 45.7. The average molecular weight is 389 g/mol. The molecule has 10 heteroatoms. The maximum atomic E-state index is 13.1. The van der Waals surface area contributed by atoms with Crippen LogP contribution in [0.2, 0.25) is 5.02 Å². The standard InChI is InChI=1S/C16H16ClF3N4O2/c17-11-3-1-2-4-12(11)22-15(25)21-6-7-24-13-5-8-26-9-10(13)14(23-24)16(18,19)20/h1-4H,5-9H2,(H2,21,22,25). The molecule has 2 amide bonds. The minimum absolute atomic E-state index is 0.0734. The first-order valence-corrected chi connectivity index (χ1v) is 8.27. The Kier molecular flexibility index (Phi) is 5.38. The van der Waals surface area contributed by atoms with Gasteiger partial charge in [0.15, 0.2) is 5.69 Å². The van der Waals surface area contributed by atoms with Gasteiger partial charge in [-0.25, -0.2) is 4.79 Å². The number of carbonyl (C=O) groups is 1. The normalized spacial score (nSPS) is 14.0. The topological polar surface area (TPSA) is 68.2 Å². The van der Waals surface area contributed by atoms with Crippen molar-refractivity contribution < 1.29 is 22.7 Å². The monoisotopic (exact) mass is 388 g/mol. The molecule has 6 nitrogen and oxygen atoms in total. The van der Waals surface area contributed by atoms with Crippen LogP contribution in [0.5, 0.6) is 0 Å². The summed E-state index contributed by atoms with van der Waals surface area (Å²) >= 11 is 5.95. The molecule has 2 N–H and O–H groups in total. The van der Waals surface area contributed by atoms with E-state index in [0.717, 1.165) is 0 Å². The minimum Gasteiger partial charge on any atom is -0.376 e. The fourth-order valence-corrected chi connectivity index (χ4v) is 2.91. The van der Waals surface area contributed by atoms with Crippen molar-refractivity contribution in [3.63, 3.8) is 0 Å². The molecular weight excluding hydrogens is 373 g/mol. The molecule has 2 heterocycles. The Morgan fingerprint density at radius 2 is 2.12 bits per heavy atom. The number of hydrogen-bond donors (Lipinski definition) is 2. The molecule has 0 fully saturated rings. The summed E-state index contributed by atoms with van der Waals surface area (Å²) in [5.74, 6) is 0. The molecule has 1 aliphatic heterocycles. The number of halogens is 4. The van der Waals surface area contributed by atoms with Crippen molar-refractivity contribution in [2.75, 3.05) is 18.5 Å². The number of ether oxygens (including phenoxy) is 1. The molecule has 26 heavy (non-hydrogen) atoms. The number of urea groups is 1. The van der Waals surface area contributed by atoms with Gasteiger partial charge in [-0.1, -0.05) is 23.7 Å². The van der Waals surface area contributed by atoms with Crippen molar-refractivity contribution in [3.8, 4) is 0 Å². The van der Waals surface area contributed by atoms with Gasteiger partial charge in [-0.15, -0.1) is 0 Å². The predicted molar refractivity (Wildman–Crippen MR) is 89.1 cm³/mol. The number of nitrogens with zero attached hydrogens (tertiary/aromatic N) is 2. The molecular formula is C16H16ClF3N4O2. The highest BCUT2D eigenvalue weighted by Crippen LogP contribution is 2.34. The number of carbonyl (C=O) groups excluding carboxylic acids is 1. The number of amides is 2. The first-order chi connectivity index (χ1) is 12.4. The highest BCUT2D eigenvalue weighted by atomic mass is 35.5. The lowest BCUT2D eigenvalue weighted by atomic mass is 10.1. The zero-order valence-corrected chi connectivity index (χ0v) is 14.3. The molecule has 1 aromatic carbocycles. The maximum absolute atomic E-state index is 13.1. The Bertz CT molecular complexity index is 807. The van der Waals surface area contributed by atoms with Gasteiger partial charge in [0.1, 0.15) is 0 Å². The molecule has 3 rings (SSSR count). The van der Waals surface area contributed by atoms with Crippen molar-refractivity contribution in [1.82, 2.24) is 15.1 Å². The van der Waals surface area contributed by atoms with Crippen LogP contribution in [0, 0.1) is 0 Å². The van der Waals surface area contributed by atoms with E-state index in [1.165, 1.54) is 4.68 Å². The lowest BCUT2D eigenvalue weighted by molar-refractivity contribution is -0.142. The Morgan fingerprint density at radius 3 is 2.85 bits per heavy atom. The quantitative estimate of drug-likeness (QED) is 0.843. The summed E-state index contributed by atoms with van der Waals surface area (Å²) in [5.41, 5.74) is 0.0912. The van der Waals surface area contributed by atoms with E-state index in [2.05, 4.69) is 15.7 Å². The van der Waals surface area contributed by atoms with Crippen molar-refractivity contribution in [2.24, 2.45) is 0 Å². The van der Waals surface area contributed by atoms with Gasteiger partial charge in [-0.3, -0.25) is 4.68 Å². The second-order valence-corrected chi connectivity index (χ2v) is 6.07. The summed E-state index contributed by atoms with van der Waals surface area (Å²) in [6.45, 7) is 0.470. The number of para-hydroxylation sites is 1. The summed E-state index contributed by atoms with van der Waals surface area (Å²) in [6, 6.07) is 6.22. The molecule has 0 saturated heterocycles. The van der Waals surface area contributed by atoms with Crippen LogP contribution in [-0.2, 0) is 30.5 Å². The molecule has 0 unspecified atom stereocenters. The Balaban J connectivity index is 1.62. The number of fused-ring (bicyclic) bond motifs is 1. The molecule has 0 atom stereocenters. The van der Waals surface area contributed by atoms with Crippen LogP contribution in [0.25, 0.3) is 0 Å². The van der Waals surface area contributed by atoms with Crippen LogP contribution in [0.3, 0.4) is 0 Å². The van der Waals surface area contributed by atoms with Crippen LogP contribution in [0.15, 0.2) is 24.3 Å². The Hall–Kier alpha value is -2.26. The van der Waals surface area contributed by atoms with Crippen molar-refractivity contribution in [1.29, 1.82) is 0 Å². The fourth-order valence-electron chi connectivity index (χ4n) is 2.73. The highest BCUT2D eigenvalue weighted by molar-refractivity contribution is 6.33. The lowest BCUT2D eigenvalue weighted by Gasteiger charge is -2.15. The van der Waals surface area contributed by atoms with E-state index in [9.17, 15) is 18.0 Å². The molecule has 0 spiro atoms. The number of benzene rings is 1. The Labute approximate surface area is 152 Å². The van der Waals surface area contributed by atoms with E-state index in [4.69, 9.17) is 16.3 Å². The summed E-state index contributed by atoms with van der Waals surface area (Å²) in [6.07, 6.45) is -4.19. The molecule has 0 saturated carbocycles. The molecule has 0 bridgehead atoms. The van der Waals surface area contributed by atoms with Crippen LogP contribution in [-0.4, -0.2) is 29.0 Å². The van der Waals surface area contributed by atoms with Gasteiger partial charge < -0.3 is 15.4 Å². The Morgan fingerprint density at radius 1 is 1.35 bits per heavy atom. The molecule has 2 aromatic rings. The van der Waals surface area contributed by atoms with Crippen LogP contribution in [0.4, 0.5) is 23.7 Å². The SMILES string of the molecule is O=C(NCCn1nc(C(F)(F)F)c2c1CCOC2)Nc1ccccc1Cl. The molecule has 1 aromatic heterocycles. The number of hydrogen-bond acceptors (Lipinski definition) is 3. The first kappa shape index (κ1) is 18.5. The summed E-state index contributed by atoms with van der Waals surface area (Å²) in [7, 11) is 0. The van der Waals surface area contributed by atoms with Gasteiger partial charge in [0.2, 0.25) is 0 Å². The smallest absolute Gasteiger partial charge is 0.376 e. The lowest BCUT2D eigenvalue weighted by Crippen LogP contribution is -2.32. The second-order valence-electron chi connectivity index (χ2n) is 5.66. The molecule has 0 radical (unpaired) electrons. The number of anilines is 1. The van der Waals surface area contributed by atoms with E-state index >= 15 is 0 Å². The number of nitrogens with one attached hydrogen (secondary N) is 2. The second kappa shape index (κ2) is 7.55. The third kappa shape index (κ3) is 4.10. The van der Waals surface area contributed by atoms with Crippen molar-refractivity contribution in [2.45, 2.75) is 25.7 Å². The summed E-state index contributed by atoms with van der Waals surface area (Å²) in [4.78, 5) is 11.9. The van der Waals surface area contributed by atoms with E-state index in [1.54, 1.807) is 24.3 Å². The number of alkyl halides is 3. The number of rotatable bonds is 4. The minimum atomic E-state index is -4.54. The van der Waals surface area contributed by atoms with E-state index < -0.39 is 17.9 Å². The van der Waals surface area contributed by atoms with Gasteiger partial charge in [-0.2, -0.15) is 18.3 Å². The van der Waals surface area contributed by atoms with E-state index in [0.29, 0.717) is 29.4 Å². The zero-order valence-electron chi connectivity index (χ0n) is 13.6. The fraction of sp³-hybridized carbons (Fsp3) is 0.375. The van der Waals surface area contributed by atoms with Crippen molar-refractivity contribution >= 4 is 23.3 Å². The van der Waals surface area contributed by atoms with Crippen molar-refractivity contribution in [3.05, 3.63) is 46.2 Å². The summed E-state index contributed by atoms with van der Waals surface area (Å²) in [5, 5.41) is 9.22. The third-order valence-corrected chi connectivity index (χ3v) is 4.23. The third-order valence-electron chi connectivity index (χ3n) is 3.90. The van der Waals surface area contributed by atoms with Crippen LogP contribution >= 0.6 is 11.6 Å². The predicted octanol–water partition coefficient (Wildman–Crippen LogP) is 3.45. The van der Waals surface area contributed by atoms with Gasteiger partial charge in [0.25, 0.3) is 0 Å². The largest absolute Gasteiger partial charge is 0.435 e. The van der Waals surface area contributed by atoms with Crippen LogP contribution < -0.4 is 10.6 Å². The molecule has 0 aliphatic carbocycles. The maximum Gasteiger partial charge on any atom is 0.435 e. The van der Waals surface area contributed by atoms with Gasteiger partial charge in [0, 0.05) is 24.2 Å². The van der Waals surface area contributed by atoms with E-state index in [-0.39, 0.29) is 25.3 Å². The van der Waals surface area contributed by atoms with Gasteiger partial charge in [-0.05, 0) is 12.1 Å². The van der Waals surface area contributed by atoms with Crippen LogP contribution in [0.1, 0.15) is 17.0 Å². The van der Waals surface area contributed by atoms with Gasteiger partial charge in [0.05, 0.1) is 30.5 Å². The first-order valence-electron chi connectivity index (χ1n) is 7.89. The average Bonchev–Trinajstić information content (AvgIpc) is 2.96. The zero-order chi connectivity index (χ0) is 18.7. The number of aromatic nitrogens is 2.